The highest BCUT2D eigenvalue weighted by atomic mass is 15.1. The van der Waals surface area contributed by atoms with Gasteiger partial charge >= 0.3 is 0 Å². The molecule has 1 aromatic rings. The number of imidazole rings is 1. The Labute approximate surface area is 164 Å². The molecule has 0 aliphatic heterocycles. The molecule has 0 aliphatic rings. The normalized spacial score (nSPS) is 11.3. The van der Waals surface area contributed by atoms with Crippen LogP contribution in [0.1, 0.15) is 123 Å². The number of aromatic nitrogens is 2. The van der Waals surface area contributed by atoms with Crippen LogP contribution in [0.5, 0.6) is 0 Å². The average Bonchev–Trinajstić information content (AvgIpc) is 3.03. The van der Waals surface area contributed by atoms with Crippen LogP contribution < -0.4 is 4.57 Å². The van der Waals surface area contributed by atoms with Crippen LogP contribution in [0.2, 0.25) is 0 Å². The van der Waals surface area contributed by atoms with E-state index in [1.54, 1.807) is 5.82 Å². The minimum absolute atomic E-state index is 1.22. The Morgan fingerprint density at radius 3 is 1.81 bits per heavy atom. The van der Waals surface area contributed by atoms with Crippen molar-refractivity contribution in [1.29, 1.82) is 0 Å². The molecule has 0 aromatic carbocycles. The number of hydrogen-bond donors (Lipinski definition) is 0. The molecule has 1 rings (SSSR count). The molecule has 152 valence electrons. The molecular weight excluding hydrogens is 316 g/mol. The Hall–Kier alpha value is -0.790. The zero-order chi connectivity index (χ0) is 18.9. The zero-order valence-corrected chi connectivity index (χ0v) is 18.3. The van der Waals surface area contributed by atoms with Crippen molar-refractivity contribution in [3.05, 3.63) is 18.2 Å². The number of rotatable bonds is 18. The third-order valence-corrected chi connectivity index (χ3v) is 5.60. The lowest BCUT2D eigenvalue weighted by molar-refractivity contribution is -0.704. The van der Waals surface area contributed by atoms with E-state index in [1.807, 2.05) is 0 Å². The second kappa shape index (κ2) is 16.4. The highest BCUT2D eigenvalue weighted by Gasteiger charge is 2.16. The van der Waals surface area contributed by atoms with E-state index in [0.717, 1.165) is 0 Å². The molecule has 1 heterocycles. The van der Waals surface area contributed by atoms with Crippen LogP contribution in [-0.4, -0.2) is 4.57 Å². The van der Waals surface area contributed by atoms with Crippen LogP contribution in [0.15, 0.2) is 12.4 Å². The lowest BCUT2D eigenvalue weighted by Gasteiger charge is -2.06. The van der Waals surface area contributed by atoms with Crippen LogP contribution >= 0.6 is 0 Å². The van der Waals surface area contributed by atoms with Crippen LogP contribution in [-0.2, 0) is 19.5 Å². The molecule has 0 bridgehead atoms. The molecular formula is C24H47N2+. The molecule has 0 unspecified atom stereocenters. The molecule has 0 aliphatic carbocycles. The largest absolute Gasteiger partial charge is 0.256 e. The summed E-state index contributed by atoms with van der Waals surface area (Å²) in [5.41, 5.74) is 0. The van der Waals surface area contributed by atoms with Gasteiger partial charge in [-0.15, -0.1) is 0 Å². The van der Waals surface area contributed by atoms with E-state index < -0.39 is 0 Å². The zero-order valence-electron chi connectivity index (χ0n) is 18.3. The third-order valence-electron chi connectivity index (χ3n) is 5.60. The summed E-state index contributed by atoms with van der Waals surface area (Å²) in [5, 5.41) is 0. The van der Waals surface area contributed by atoms with Crippen molar-refractivity contribution >= 4 is 0 Å². The van der Waals surface area contributed by atoms with E-state index in [-0.39, 0.29) is 0 Å². The van der Waals surface area contributed by atoms with Crippen molar-refractivity contribution < 1.29 is 4.57 Å². The van der Waals surface area contributed by atoms with Crippen molar-refractivity contribution in [3.63, 3.8) is 0 Å². The molecule has 0 atom stereocenters. The topological polar surface area (TPSA) is 8.81 Å². The third kappa shape index (κ3) is 10.4. The summed E-state index contributed by atoms with van der Waals surface area (Å²) in [6, 6.07) is 0. The first-order chi connectivity index (χ1) is 12.8. The first kappa shape index (κ1) is 23.2. The average molecular weight is 364 g/mol. The number of unbranched alkanes of at least 4 members (excludes halogenated alkanes) is 12. The quantitative estimate of drug-likeness (QED) is 0.192. The molecule has 2 nitrogen and oxygen atoms in total. The maximum Gasteiger partial charge on any atom is 0.256 e. The summed E-state index contributed by atoms with van der Waals surface area (Å²) >= 11 is 0. The summed E-state index contributed by atoms with van der Waals surface area (Å²) in [6.45, 7) is 9.34. The fourth-order valence-electron chi connectivity index (χ4n) is 3.85. The van der Waals surface area contributed by atoms with Crippen molar-refractivity contribution in [3.8, 4) is 0 Å². The van der Waals surface area contributed by atoms with Crippen LogP contribution in [0.4, 0.5) is 0 Å². The van der Waals surface area contributed by atoms with Crippen LogP contribution in [0.3, 0.4) is 0 Å². The van der Waals surface area contributed by atoms with E-state index >= 15 is 0 Å². The van der Waals surface area contributed by atoms with Crippen molar-refractivity contribution in [2.75, 3.05) is 0 Å². The first-order valence-corrected chi connectivity index (χ1v) is 11.9. The number of hydrogen-bond acceptors (Lipinski definition) is 0. The molecule has 1 aromatic heterocycles. The van der Waals surface area contributed by atoms with Gasteiger partial charge in [0.05, 0.1) is 13.1 Å². The molecule has 0 saturated carbocycles. The maximum absolute atomic E-state index is 2.57. The minimum Gasteiger partial charge on any atom is -0.234 e. The van der Waals surface area contributed by atoms with E-state index in [2.05, 4.69) is 42.3 Å². The van der Waals surface area contributed by atoms with E-state index in [1.165, 1.54) is 116 Å². The number of aryl methyl sites for hydroxylation is 2. The summed E-state index contributed by atoms with van der Waals surface area (Å²) in [5.74, 6) is 1.59. The molecule has 2 heteroatoms. The summed E-state index contributed by atoms with van der Waals surface area (Å²) in [6.07, 6.45) is 26.6. The Morgan fingerprint density at radius 2 is 1.19 bits per heavy atom. The van der Waals surface area contributed by atoms with Gasteiger partial charge in [0, 0.05) is 6.42 Å². The predicted octanol–water partition coefficient (Wildman–Crippen LogP) is 7.23. The monoisotopic (exact) mass is 363 g/mol. The standard InChI is InChI=1S/C24H47N2/c1-4-7-10-13-16-19-24-25(20-17-14-11-8-5-2)22-23-26(24)21-18-15-12-9-6-3/h22-23H,4-21H2,1-3H3/q+1. The van der Waals surface area contributed by atoms with Gasteiger partial charge in [-0.1, -0.05) is 85.0 Å². The molecule has 0 saturated heterocycles. The molecule has 0 N–H and O–H groups in total. The molecule has 0 amide bonds. The number of nitrogens with zero attached hydrogens (tertiary/aromatic N) is 2. The predicted molar refractivity (Wildman–Crippen MR) is 115 cm³/mol. The van der Waals surface area contributed by atoms with Crippen molar-refractivity contribution in [2.45, 2.75) is 137 Å². The maximum atomic E-state index is 2.57. The second-order valence-corrected chi connectivity index (χ2v) is 8.09. The van der Waals surface area contributed by atoms with Gasteiger partial charge in [-0.3, -0.25) is 0 Å². The first-order valence-electron chi connectivity index (χ1n) is 11.9. The molecule has 26 heavy (non-hydrogen) atoms. The lowest BCUT2D eigenvalue weighted by Crippen LogP contribution is -2.37. The van der Waals surface area contributed by atoms with Crippen molar-refractivity contribution in [2.24, 2.45) is 0 Å². The lowest BCUT2D eigenvalue weighted by atomic mass is 10.1. The van der Waals surface area contributed by atoms with Gasteiger partial charge in [0.1, 0.15) is 12.4 Å². The van der Waals surface area contributed by atoms with Gasteiger partial charge in [-0.2, -0.15) is 0 Å². The fraction of sp³-hybridized carbons (Fsp3) is 0.875. The molecule has 0 fully saturated rings. The van der Waals surface area contributed by atoms with E-state index in [9.17, 15) is 0 Å². The Kier molecular flexibility index (Phi) is 14.7. The van der Waals surface area contributed by atoms with Gasteiger partial charge < -0.3 is 0 Å². The fourth-order valence-corrected chi connectivity index (χ4v) is 3.85. The van der Waals surface area contributed by atoms with Gasteiger partial charge in [0.25, 0.3) is 5.82 Å². The Morgan fingerprint density at radius 1 is 0.654 bits per heavy atom. The smallest absolute Gasteiger partial charge is 0.234 e. The minimum atomic E-state index is 1.22. The highest BCUT2D eigenvalue weighted by molar-refractivity contribution is 4.84. The van der Waals surface area contributed by atoms with Gasteiger partial charge in [0.15, 0.2) is 0 Å². The molecule has 0 spiro atoms. The summed E-state index contributed by atoms with van der Waals surface area (Å²) in [4.78, 5) is 0. The molecule has 0 radical (unpaired) electrons. The van der Waals surface area contributed by atoms with Gasteiger partial charge in [-0.05, 0) is 32.1 Å². The Bertz CT molecular complexity index is 390. The van der Waals surface area contributed by atoms with E-state index in [4.69, 9.17) is 0 Å². The summed E-state index contributed by atoms with van der Waals surface area (Å²) < 4.78 is 5.13. The summed E-state index contributed by atoms with van der Waals surface area (Å²) in [7, 11) is 0. The SMILES string of the molecule is CCCCCCCc1n(CCCCCCC)cc[n+]1CCCCCCC. The second-order valence-electron chi connectivity index (χ2n) is 8.09. The van der Waals surface area contributed by atoms with E-state index in [0.29, 0.717) is 0 Å². The highest BCUT2D eigenvalue weighted by Crippen LogP contribution is 2.11. The van der Waals surface area contributed by atoms with Crippen LogP contribution in [0.25, 0.3) is 0 Å². The van der Waals surface area contributed by atoms with Crippen molar-refractivity contribution in [1.82, 2.24) is 4.57 Å². The Balaban J connectivity index is 2.48. The van der Waals surface area contributed by atoms with Gasteiger partial charge in [0.2, 0.25) is 0 Å². The van der Waals surface area contributed by atoms with Gasteiger partial charge in [-0.25, -0.2) is 9.13 Å². The van der Waals surface area contributed by atoms with Crippen LogP contribution in [0, 0.1) is 0 Å².